The van der Waals surface area contributed by atoms with E-state index in [0.29, 0.717) is 11.3 Å². The summed E-state index contributed by atoms with van der Waals surface area (Å²) in [5.74, 6) is 0.619. The average molecular weight is 277 g/mol. The third kappa shape index (κ3) is 1.70. The second-order valence-corrected chi connectivity index (χ2v) is 5.37. The van der Waals surface area contributed by atoms with Gasteiger partial charge in [-0.15, -0.1) is 0 Å². The third-order valence-corrected chi connectivity index (χ3v) is 4.23. The molecule has 3 aromatic rings. The molecule has 1 aliphatic carbocycles. The van der Waals surface area contributed by atoms with E-state index in [1.807, 2.05) is 36.4 Å². The molecule has 0 saturated carbocycles. The molecule has 1 aromatic heterocycles. The second kappa shape index (κ2) is 4.48. The van der Waals surface area contributed by atoms with Gasteiger partial charge in [0.2, 0.25) is 5.69 Å². The van der Waals surface area contributed by atoms with Gasteiger partial charge in [-0.1, -0.05) is 24.3 Å². The highest BCUT2D eigenvalue weighted by Gasteiger charge is 2.26. The van der Waals surface area contributed by atoms with E-state index in [9.17, 15) is 5.21 Å². The number of hydrogen-bond acceptors (Lipinski definition) is 2. The Kier molecular flexibility index (Phi) is 2.61. The van der Waals surface area contributed by atoms with E-state index in [0.717, 1.165) is 39.8 Å². The number of fused-ring (bicyclic) bond motifs is 4. The topological polar surface area (TPSA) is 36.2 Å². The molecule has 0 unspecified atom stereocenters. The molecule has 0 aliphatic heterocycles. The number of ether oxygens (including phenoxy) is 1. The van der Waals surface area contributed by atoms with Gasteiger partial charge < -0.3 is 9.94 Å². The van der Waals surface area contributed by atoms with Crippen molar-refractivity contribution < 1.29 is 9.47 Å². The Labute approximate surface area is 123 Å². The zero-order chi connectivity index (χ0) is 14.4. The van der Waals surface area contributed by atoms with Crippen LogP contribution in [0.1, 0.15) is 11.1 Å². The van der Waals surface area contributed by atoms with Gasteiger partial charge in [-0.2, -0.15) is 4.73 Å². The molecule has 0 fully saturated rings. The maximum absolute atomic E-state index is 13.0. The van der Waals surface area contributed by atoms with Crippen LogP contribution in [0.4, 0.5) is 0 Å². The number of para-hydroxylation sites is 1. The van der Waals surface area contributed by atoms with Gasteiger partial charge in [0, 0.05) is 5.56 Å². The van der Waals surface area contributed by atoms with E-state index in [1.54, 1.807) is 7.11 Å². The smallest absolute Gasteiger partial charge is 0.266 e. The van der Waals surface area contributed by atoms with Gasteiger partial charge in [0.25, 0.3) is 5.52 Å². The number of benzene rings is 2. The molecule has 104 valence electrons. The molecular weight excluding hydrogens is 262 g/mol. The van der Waals surface area contributed by atoms with Crippen molar-refractivity contribution in [1.29, 1.82) is 0 Å². The normalized spacial score (nSPS) is 12.8. The summed E-state index contributed by atoms with van der Waals surface area (Å²) in [6, 6.07) is 16.0. The molecule has 0 saturated heterocycles. The third-order valence-electron chi connectivity index (χ3n) is 4.23. The van der Waals surface area contributed by atoms with E-state index < -0.39 is 0 Å². The Bertz CT molecular complexity index is 855. The lowest BCUT2D eigenvalue weighted by Crippen LogP contribution is -2.33. The molecule has 21 heavy (non-hydrogen) atoms. The summed E-state index contributed by atoms with van der Waals surface area (Å²) in [5.41, 5.74) is 4.78. The highest BCUT2D eigenvalue weighted by molar-refractivity contribution is 5.85. The van der Waals surface area contributed by atoms with Crippen LogP contribution in [0, 0.1) is 5.21 Å². The first-order chi connectivity index (χ1) is 10.3. The fourth-order valence-electron chi connectivity index (χ4n) is 3.25. The minimum Gasteiger partial charge on any atom is -0.618 e. The van der Waals surface area contributed by atoms with Crippen molar-refractivity contribution in [3.8, 4) is 17.0 Å². The molecule has 0 spiro atoms. The molecule has 0 amide bonds. The number of rotatable bonds is 1. The second-order valence-electron chi connectivity index (χ2n) is 5.37. The first-order valence-electron chi connectivity index (χ1n) is 7.10. The summed E-state index contributed by atoms with van der Waals surface area (Å²) in [5, 5.41) is 13.9. The first-order valence-corrected chi connectivity index (χ1v) is 7.10. The summed E-state index contributed by atoms with van der Waals surface area (Å²) in [7, 11) is 1.60. The molecule has 3 heteroatoms. The highest BCUT2D eigenvalue weighted by Crippen LogP contribution is 2.34. The van der Waals surface area contributed by atoms with Gasteiger partial charge in [-0.25, -0.2) is 0 Å². The fraction of sp³-hybridized carbons (Fsp3) is 0.167. The van der Waals surface area contributed by atoms with Crippen LogP contribution in [0.2, 0.25) is 0 Å². The molecule has 4 rings (SSSR count). The van der Waals surface area contributed by atoms with Crippen molar-refractivity contribution in [3.63, 3.8) is 0 Å². The van der Waals surface area contributed by atoms with E-state index in [4.69, 9.17) is 4.74 Å². The van der Waals surface area contributed by atoms with Gasteiger partial charge >= 0.3 is 0 Å². The van der Waals surface area contributed by atoms with Gasteiger partial charge in [0.1, 0.15) is 0 Å². The van der Waals surface area contributed by atoms with Gasteiger partial charge in [-0.05, 0) is 42.7 Å². The van der Waals surface area contributed by atoms with Crippen molar-refractivity contribution >= 4 is 10.9 Å². The Morgan fingerprint density at radius 3 is 2.67 bits per heavy atom. The lowest BCUT2D eigenvalue weighted by atomic mass is 9.88. The van der Waals surface area contributed by atoms with Crippen molar-refractivity contribution in [2.75, 3.05) is 7.11 Å². The number of methoxy groups -OCH3 is 1. The van der Waals surface area contributed by atoms with Gasteiger partial charge in [0.05, 0.1) is 18.1 Å². The van der Waals surface area contributed by atoms with Crippen LogP contribution in [0.5, 0.6) is 5.75 Å². The average Bonchev–Trinajstić information content (AvgIpc) is 2.53. The Balaban J connectivity index is 2.12. The largest absolute Gasteiger partial charge is 0.618 e. The Morgan fingerprint density at radius 2 is 1.81 bits per heavy atom. The molecule has 0 N–H and O–H groups in total. The van der Waals surface area contributed by atoms with Gasteiger partial charge in [0.15, 0.2) is 5.75 Å². The van der Waals surface area contributed by atoms with Crippen LogP contribution in [0.25, 0.3) is 22.2 Å². The number of aryl methyl sites for hydroxylation is 2. The van der Waals surface area contributed by atoms with Crippen LogP contribution in [0.3, 0.4) is 0 Å². The lowest BCUT2D eigenvalue weighted by molar-refractivity contribution is -0.565. The number of pyridine rings is 1. The molecule has 2 aromatic carbocycles. The quantitative estimate of drug-likeness (QED) is 0.505. The monoisotopic (exact) mass is 277 g/mol. The van der Waals surface area contributed by atoms with Crippen LogP contribution in [-0.2, 0) is 12.8 Å². The van der Waals surface area contributed by atoms with Crippen LogP contribution >= 0.6 is 0 Å². The van der Waals surface area contributed by atoms with Crippen molar-refractivity contribution in [1.82, 2.24) is 0 Å². The summed E-state index contributed by atoms with van der Waals surface area (Å²) in [4.78, 5) is 0. The summed E-state index contributed by atoms with van der Waals surface area (Å²) in [6.45, 7) is 0. The van der Waals surface area contributed by atoms with Crippen molar-refractivity contribution in [2.24, 2.45) is 0 Å². The van der Waals surface area contributed by atoms with E-state index in [1.165, 1.54) is 5.56 Å². The zero-order valence-electron chi connectivity index (χ0n) is 11.8. The summed E-state index contributed by atoms with van der Waals surface area (Å²) < 4.78 is 6.41. The molecule has 1 aliphatic rings. The highest BCUT2D eigenvalue weighted by atomic mass is 16.5. The molecule has 3 nitrogen and oxygen atoms in total. The van der Waals surface area contributed by atoms with Crippen molar-refractivity contribution in [2.45, 2.75) is 12.8 Å². The first kappa shape index (κ1) is 12.2. The maximum atomic E-state index is 13.0. The van der Waals surface area contributed by atoms with Crippen molar-refractivity contribution in [3.05, 3.63) is 64.9 Å². The predicted molar refractivity (Wildman–Crippen MR) is 82.3 cm³/mol. The molecular formula is C18H15NO2. The molecule has 0 bridgehead atoms. The Morgan fingerprint density at radius 1 is 1.00 bits per heavy atom. The zero-order valence-corrected chi connectivity index (χ0v) is 11.8. The number of aromatic nitrogens is 1. The predicted octanol–water partition coefficient (Wildman–Crippen LogP) is 3.25. The van der Waals surface area contributed by atoms with Crippen LogP contribution in [-0.4, -0.2) is 7.11 Å². The fourth-order valence-corrected chi connectivity index (χ4v) is 3.25. The maximum Gasteiger partial charge on any atom is 0.266 e. The summed E-state index contributed by atoms with van der Waals surface area (Å²) in [6.07, 6.45) is 1.89. The Hall–Kier alpha value is -2.55. The minimum absolute atomic E-state index is 0.607. The van der Waals surface area contributed by atoms with Gasteiger partial charge in [-0.3, -0.25) is 0 Å². The molecule has 0 radical (unpaired) electrons. The van der Waals surface area contributed by atoms with Crippen LogP contribution in [0.15, 0.2) is 48.5 Å². The van der Waals surface area contributed by atoms with E-state index >= 15 is 0 Å². The number of hydrogen-bond donors (Lipinski definition) is 0. The SMILES string of the molecule is COc1cccc2cc3c([n+]([O-])c12)-c1ccccc1CC3. The number of nitrogens with zero attached hydrogens (tertiary/aromatic N) is 1. The molecule has 0 atom stereocenters. The summed E-state index contributed by atoms with van der Waals surface area (Å²) >= 11 is 0. The molecule has 1 heterocycles. The standard InChI is InChI=1S/C18H15NO2/c1-21-16-8-4-6-13-11-14-10-9-12-5-2-3-7-15(12)17(14)19(20)18(13)16/h2-8,11H,9-10H2,1H3. The lowest BCUT2D eigenvalue weighted by Gasteiger charge is -2.20. The van der Waals surface area contributed by atoms with Crippen LogP contribution < -0.4 is 9.47 Å². The van der Waals surface area contributed by atoms with E-state index in [2.05, 4.69) is 12.1 Å². The minimum atomic E-state index is 0.607. The van der Waals surface area contributed by atoms with E-state index in [-0.39, 0.29) is 0 Å².